The van der Waals surface area contributed by atoms with Crippen LogP contribution in [-0.4, -0.2) is 23.6 Å². The molecule has 3 N–H and O–H groups in total. The van der Waals surface area contributed by atoms with Crippen LogP contribution in [0, 0.1) is 5.92 Å². The highest BCUT2D eigenvalue weighted by Crippen LogP contribution is 2.03. The normalized spacial score (nSPS) is 14.3. The van der Waals surface area contributed by atoms with E-state index in [1.807, 2.05) is 0 Å². The summed E-state index contributed by atoms with van der Waals surface area (Å²) in [5.74, 6) is -0.890. The Morgan fingerprint density at radius 1 is 1.18 bits per heavy atom. The number of ketones is 1. The molecule has 0 radical (unpaired) electrons. The van der Waals surface area contributed by atoms with Crippen LogP contribution in [0.25, 0.3) is 0 Å². The summed E-state index contributed by atoms with van der Waals surface area (Å²) < 4.78 is 0. The molecule has 5 heteroatoms. The molecule has 5 nitrogen and oxygen atoms in total. The summed E-state index contributed by atoms with van der Waals surface area (Å²) in [6.45, 7) is 4.54. The number of amides is 2. The number of carbonyl (C=O) groups is 3. The highest BCUT2D eigenvalue weighted by Gasteiger charge is 2.13. The van der Waals surface area contributed by atoms with Gasteiger partial charge in [0.25, 0.3) is 0 Å². The summed E-state index contributed by atoms with van der Waals surface area (Å²) in [5.41, 5.74) is 5.11. The van der Waals surface area contributed by atoms with Gasteiger partial charge in [-0.05, 0) is 19.8 Å². The Balaban J connectivity index is 4.13. The van der Waals surface area contributed by atoms with E-state index in [1.54, 1.807) is 19.1 Å². The number of nitrogens with one attached hydrogen (secondary N) is 1. The maximum absolute atomic E-state index is 11.2. The SMILES string of the molecule is CC(=O)NC(C/C=C\CC(C)C(N)=O)C(C)=O. The first-order chi connectivity index (χ1) is 7.84. The van der Waals surface area contributed by atoms with Gasteiger partial charge in [-0.25, -0.2) is 0 Å². The van der Waals surface area contributed by atoms with Crippen LogP contribution in [0.1, 0.15) is 33.6 Å². The Labute approximate surface area is 101 Å². The van der Waals surface area contributed by atoms with E-state index in [2.05, 4.69) is 5.32 Å². The molecular weight excluding hydrogens is 220 g/mol. The molecule has 0 aliphatic heterocycles. The van der Waals surface area contributed by atoms with Crippen LogP contribution in [0.15, 0.2) is 12.2 Å². The molecule has 0 aromatic carbocycles. The van der Waals surface area contributed by atoms with E-state index in [0.717, 1.165) is 0 Å². The molecule has 0 bridgehead atoms. The third-order valence-corrected chi connectivity index (χ3v) is 2.38. The van der Waals surface area contributed by atoms with Crippen molar-refractivity contribution >= 4 is 17.6 Å². The molecule has 2 amide bonds. The fourth-order valence-electron chi connectivity index (χ4n) is 1.22. The van der Waals surface area contributed by atoms with Crippen LogP contribution < -0.4 is 11.1 Å². The first-order valence-electron chi connectivity index (χ1n) is 5.56. The molecule has 0 heterocycles. The van der Waals surface area contributed by atoms with Crippen molar-refractivity contribution < 1.29 is 14.4 Å². The molecule has 0 spiro atoms. The van der Waals surface area contributed by atoms with E-state index in [-0.39, 0.29) is 23.5 Å². The lowest BCUT2D eigenvalue weighted by atomic mass is 10.1. The van der Waals surface area contributed by atoms with Gasteiger partial charge in [0.15, 0.2) is 5.78 Å². The molecule has 0 saturated carbocycles. The lowest BCUT2D eigenvalue weighted by Crippen LogP contribution is -2.37. The van der Waals surface area contributed by atoms with Crippen molar-refractivity contribution in [1.82, 2.24) is 5.32 Å². The Morgan fingerprint density at radius 3 is 2.12 bits per heavy atom. The van der Waals surface area contributed by atoms with Gasteiger partial charge >= 0.3 is 0 Å². The van der Waals surface area contributed by atoms with Gasteiger partial charge in [0.05, 0.1) is 6.04 Å². The molecule has 96 valence electrons. The first-order valence-corrected chi connectivity index (χ1v) is 5.56. The molecule has 0 rings (SSSR count). The second kappa shape index (κ2) is 7.60. The lowest BCUT2D eigenvalue weighted by Gasteiger charge is -2.12. The van der Waals surface area contributed by atoms with Crippen molar-refractivity contribution in [3.8, 4) is 0 Å². The summed E-state index contributed by atoms with van der Waals surface area (Å²) in [7, 11) is 0. The van der Waals surface area contributed by atoms with E-state index in [9.17, 15) is 14.4 Å². The number of rotatable bonds is 7. The predicted octanol–water partition coefficient (Wildman–Crippen LogP) is 0.538. The largest absolute Gasteiger partial charge is 0.369 e. The average Bonchev–Trinajstić information content (AvgIpc) is 2.21. The number of allylic oxidation sites excluding steroid dienone is 1. The van der Waals surface area contributed by atoms with Crippen molar-refractivity contribution in [2.45, 2.75) is 39.7 Å². The van der Waals surface area contributed by atoms with E-state index in [4.69, 9.17) is 5.73 Å². The molecule has 0 aliphatic rings. The molecule has 0 aromatic heterocycles. The molecule has 2 atom stereocenters. The summed E-state index contributed by atoms with van der Waals surface area (Å²) in [5, 5.41) is 2.56. The summed E-state index contributed by atoms with van der Waals surface area (Å²) in [6.07, 6.45) is 4.55. The van der Waals surface area contributed by atoms with E-state index in [1.165, 1.54) is 13.8 Å². The van der Waals surface area contributed by atoms with E-state index >= 15 is 0 Å². The van der Waals surface area contributed by atoms with Gasteiger partial charge in [0.1, 0.15) is 0 Å². The van der Waals surface area contributed by atoms with Gasteiger partial charge in [-0.15, -0.1) is 0 Å². The van der Waals surface area contributed by atoms with Crippen molar-refractivity contribution in [3.63, 3.8) is 0 Å². The summed E-state index contributed by atoms with van der Waals surface area (Å²) >= 11 is 0. The van der Waals surface area contributed by atoms with Crippen LogP contribution >= 0.6 is 0 Å². The van der Waals surface area contributed by atoms with Crippen LogP contribution in [0.5, 0.6) is 0 Å². The van der Waals surface area contributed by atoms with Crippen molar-refractivity contribution in [2.24, 2.45) is 11.7 Å². The van der Waals surface area contributed by atoms with Crippen LogP contribution in [0.2, 0.25) is 0 Å². The van der Waals surface area contributed by atoms with Crippen LogP contribution in [0.4, 0.5) is 0 Å². The van der Waals surface area contributed by atoms with Gasteiger partial charge in [-0.1, -0.05) is 19.1 Å². The van der Waals surface area contributed by atoms with Crippen LogP contribution in [-0.2, 0) is 14.4 Å². The van der Waals surface area contributed by atoms with Gasteiger partial charge in [-0.2, -0.15) is 0 Å². The average molecular weight is 240 g/mol. The van der Waals surface area contributed by atoms with Crippen molar-refractivity contribution in [2.75, 3.05) is 0 Å². The fraction of sp³-hybridized carbons (Fsp3) is 0.583. The monoisotopic (exact) mass is 240 g/mol. The summed E-state index contributed by atoms with van der Waals surface area (Å²) in [6, 6.07) is -0.493. The zero-order valence-electron chi connectivity index (χ0n) is 10.5. The molecule has 0 fully saturated rings. The molecule has 17 heavy (non-hydrogen) atoms. The number of hydrogen-bond donors (Lipinski definition) is 2. The van der Waals surface area contributed by atoms with Gasteiger partial charge in [0.2, 0.25) is 11.8 Å². The molecular formula is C12H20N2O3. The van der Waals surface area contributed by atoms with E-state index < -0.39 is 6.04 Å². The Bertz CT molecular complexity index is 324. The summed E-state index contributed by atoms with van der Waals surface area (Å²) in [4.78, 5) is 32.8. The van der Waals surface area contributed by atoms with Crippen molar-refractivity contribution in [3.05, 3.63) is 12.2 Å². The Morgan fingerprint density at radius 2 is 1.71 bits per heavy atom. The van der Waals surface area contributed by atoms with Gasteiger partial charge in [0, 0.05) is 12.8 Å². The van der Waals surface area contributed by atoms with Gasteiger partial charge < -0.3 is 11.1 Å². The standard InChI is InChI=1S/C12H20N2O3/c1-8(12(13)17)6-4-5-7-11(9(2)15)14-10(3)16/h4-5,8,11H,6-7H2,1-3H3,(H2,13,17)(H,14,16)/b5-4-. The van der Waals surface area contributed by atoms with Gasteiger partial charge in [-0.3, -0.25) is 14.4 Å². The predicted molar refractivity (Wildman–Crippen MR) is 65.0 cm³/mol. The minimum absolute atomic E-state index is 0.0900. The zero-order chi connectivity index (χ0) is 13.4. The Kier molecular flexibility index (Phi) is 6.86. The van der Waals surface area contributed by atoms with Crippen molar-refractivity contribution in [1.29, 1.82) is 0 Å². The number of nitrogens with two attached hydrogens (primary N) is 1. The second-order valence-corrected chi connectivity index (χ2v) is 4.11. The third kappa shape index (κ3) is 7.27. The highest BCUT2D eigenvalue weighted by atomic mass is 16.2. The molecule has 0 aliphatic carbocycles. The second-order valence-electron chi connectivity index (χ2n) is 4.11. The number of hydrogen-bond acceptors (Lipinski definition) is 3. The lowest BCUT2D eigenvalue weighted by molar-refractivity contribution is -0.125. The quantitative estimate of drug-likeness (QED) is 0.636. The minimum atomic E-state index is -0.493. The molecule has 0 aromatic rings. The van der Waals surface area contributed by atoms with Crippen LogP contribution in [0.3, 0.4) is 0 Å². The maximum Gasteiger partial charge on any atom is 0.220 e. The highest BCUT2D eigenvalue weighted by molar-refractivity contribution is 5.86. The smallest absolute Gasteiger partial charge is 0.220 e. The molecule has 0 saturated heterocycles. The maximum atomic E-state index is 11.2. The number of primary amides is 1. The zero-order valence-corrected chi connectivity index (χ0v) is 10.5. The first kappa shape index (κ1) is 15.3. The third-order valence-electron chi connectivity index (χ3n) is 2.38. The Hall–Kier alpha value is -1.65. The number of Topliss-reactive ketones (excluding diaryl/α,β-unsaturated/α-hetero) is 1. The number of carbonyl (C=O) groups excluding carboxylic acids is 3. The minimum Gasteiger partial charge on any atom is -0.369 e. The molecule has 2 unspecified atom stereocenters. The fourth-order valence-corrected chi connectivity index (χ4v) is 1.22. The van der Waals surface area contributed by atoms with E-state index in [0.29, 0.717) is 12.8 Å². The topological polar surface area (TPSA) is 89.3 Å².